The molecule has 1 atom stereocenters. The van der Waals surface area contributed by atoms with Crippen molar-refractivity contribution >= 4 is 37.9 Å². The van der Waals surface area contributed by atoms with E-state index >= 15 is 0 Å². The molecular weight excluding hydrogens is 306 g/mol. The number of hydrogen-bond acceptors (Lipinski definition) is 3. The first-order valence-electron chi connectivity index (χ1n) is 6.11. The maximum atomic E-state index is 10.2. The Morgan fingerprint density at radius 2 is 2.21 bits per heavy atom. The van der Waals surface area contributed by atoms with Gasteiger partial charge in [0, 0.05) is 33.7 Å². The maximum Gasteiger partial charge on any atom is 0.133 e. The van der Waals surface area contributed by atoms with E-state index in [9.17, 15) is 5.11 Å². The summed E-state index contributed by atoms with van der Waals surface area (Å²) < 4.78 is 0.957. The van der Waals surface area contributed by atoms with E-state index in [1.165, 1.54) is 5.56 Å². The number of aromatic amines is 1. The number of benzene rings is 1. The molecule has 0 saturated carbocycles. The third kappa shape index (κ3) is 1.55. The van der Waals surface area contributed by atoms with E-state index in [0.717, 1.165) is 38.5 Å². The smallest absolute Gasteiger partial charge is 0.133 e. The predicted molar refractivity (Wildman–Crippen MR) is 77.7 cm³/mol. The van der Waals surface area contributed by atoms with Gasteiger partial charge in [0.25, 0.3) is 0 Å². The number of aliphatic hydroxyl groups is 1. The molecule has 0 fully saturated rings. The average molecular weight is 318 g/mol. The Kier molecular flexibility index (Phi) is 2.27. The molecule has 0 saturated heterocycles. The van der Waals surface area contributed by atoms with Crippen LogP contribution in [0.25, 0.3) is 21.9 Å². The zero-order valence-corrected chi connectivity index (χ0v) is 11.9. The van der Waals surface area contributed by atoms with Crippen molar-refractivity contribution in [3.63, 3.8) is 0 Å². The highest BCUT2D eigenvalue weighted by atomic mass is 79.9. The Bertz CT molecular complexity index is 811. The number of rotatable bonds is 0. The van der Waals surface area contributed by atoms with Gasteiger partial charge in [-0.05, 0) is 46.7 Å². The van der Waals surface area contributed by atoms with Gasteiger partial charge in [-0.1, -0.05) is 0 Å². The van der Waals surface area contributed by atoms with E-state index in [2.05, 4.69) is 38.0 Å². The molecule has 2 N–H and O–H groups in total. The van der Waals surface area contributed by atoms with Gasteiger partial charge in [-0.15, -0.1) is 0 Å². The van der Waals surface area contributed by atoms with Crippen molar-refractivity contribution in [2.45, 2.75) is 12.8 Å². The van der Waals surface area contributed by atoms with Crippen molar-refractivity contribution in [1.29, 1.82) is 0 Å². The Morgan fingerprint density at radius 1 is 1.37 bits per heavy atom. The van der Waals surface area contributed by atoms with Crippen molar-refractivity contribution in [2.75, 3.05) is 7.05 Å². The van der Waals surface area contributed by atoms with Crippen LogP contribution in [0.2, 0.25) is 0 Å². The molecular formula is C14H12BrN3O. The lowest BCUT2D eigenvalue weighted by atomic mass is 10.1. The Balaban J connectivity index is 2.07. The molecule has 0 spiro atoms. The van der Waals surface area contributed by atoms with Gasteiger partial charge in [0.2, 0.25) is 0 Å². The molecule has 0 bridgehead atoms. The summed E-state index contributed by atoms with van der Waals surface area (Å²) in [7, 11) is 1.92. The Labute approximate surface area is 118 Å². The lowest BCUT2D eigenvalue weighted by Crippen LogP contribution is -2.15. The number of nitrogens with one attached hydrogen (secondary N) is 1. The summed E-state index contributed by atoms with van der Waals surface area (Å²) in [6, 6.07) is 6.20. The molecule has 19 heavy (non-hydrogen) atoms. The summed E-state index contributed by atoms with van der Waals surface area (Å²) in [6.45, 7) is 0.777. The van der Waals surface area contributed by atoms with Crippen LogP contribution in [0.15, 0.2) is 28.9 Å². The van der Waals surface area contributed by atoms with E-state index in [4.69, 9.17) is 0 Å². The largest absolute Gasteiger partial charge is 0.374 e. The average Bonchev–Trinajstić information content (AvgIpc) is 2.85. The lowest BCUT2D eigenvalue weighted by molar-refractivity contribution is 0.0338. The SMILES string of the molecule is CN1Cc2cc3[nH]c4cc(Br)cnc4c3cc2C1O. The summed E-state index contributed by atoms with van der Waals surface area (Å²) in [5.74, 6) is 0. The van der Waals surface area contributed by atoms with Crippen molar-refractivity contribution in [1.82, 2.24) is 14.9 Å². The molecule has 5 heteroatoms. The fourth-order valence-electron chi connectivity index (χ4n) is 2.82. The number of aromatic nitrogens is 2. The normalized spacial score (nSPS) is 19.4. The van der Waals surface area contributed by atoms with Gasteiger partial charge in [-0.25, -0.2) is 0 Å². The second-order valence-electron chi connectivity index (χ2n) is 5.06. The summed E-state index contributed by atoms with van der Waals surface area (Å²) in [5.41, 5.74) is 5.19. The fraction of sp³-hybridized carbons (Fsp3) is 0.214. The second kappa shape index (κ2) is 3.79. The van der Waals surface area contributed by atoms with Crippen LogP contribution in [0.4, 0.5) is 0 Å². The van der Waals surface area contributed by atoms with E-state index < -0.39 is 6.23 Å². The van der Waals surface area contributed by atoms with Crippen LogP contribution in [0, 0.1) is 0 Å². The van der Waals surface area contributed by atoms with Crippen LogP contribution in [-0.2, 0) is 6.54 Å². The minimum Gasteiger partial charge on any atom is -0.374 e. The molecule has 1 aromatic carbocycles. The van der Waals surface area contributed by atoms with E-state index in [1.54, 1.807) is 6.20 Å². The third-order valence-electron chi connectivity index (χ3n) is 3.77. The lowest BCUT2D eigenvalue weighted by Gasteiger charge is -2.12. The fourth-order valence-corrected chi connectivity index (χ4v) is 3.16. The molecule has 0 radical (unpaired) electrons. The highest BCUT2D eigenvalue weighted by molar-refractivity contribution is 9.10. The molecule has 1 unspecified atom stereocenters. The molecule has 2 aromatic heterocycles. The molecule has 0 aliphatic carbocycles. The van der Waals surface area contributed by atoms with E-state index in [1.807, 2.05) is 18.0 Å². The van der Waals surface area contributed by atoms with Crippen LogP contribution < -0.4 is 0 Å². The van der Waals surface area contributed by atoms with Gasteiger partial charge in [-0.2, -0.15) is 0 Å². The molecule has 4 nitrogen and oxygen atoms in total. The first-order valence-corrected chi connectivity index (χ1v) is 6.91. The highest BCUT2D eigenvalue weighted by Gasteiger charge is 2.26. The quantitative estimate of drug-likeness (QED) is 0.670. The van der Waals surface area contributed by atoms with Gasteiger partial charge in [0.1, 0.15) is 6.23 Å². The molecule has 96 valence electrons. The van der Waals surface area contributed by atoms with E-state index in [0.29, 0.717) is 0 Å². The van der Waals surface area contributed by atoms with Crippen molar-refractivity contribution in [3.8, 4) is 0 Å². The van der Waals surface area contributed by atoms with Gasteiger partial charge in [0.05, 0.1) is 11.0 Å². The summed E-state index contributed by atoms with van der Waals surface area (Å²) in [5, 5.41) is 11.2. The van der Waals surface area contributed by atoms with E-state index in [-0.39, 0.29) is 0 Å². The number of pyridine rings is 1. The van der Waals surface area contributed by atoms with Gasteiger partial charge in [-0.3, -0.25) is 9.88 Å². The molecule has 3 heterocycles. The van der Waals surface area contributed by atoms with Gasteiger partial charge >= 0.3 is 0 Å². The number of aliphatic hydroxyl groups excluding tert-OH is 1. The highest BCUT2D eigenvalue weighted by Crippen LogP contribution is 2.35. The number of halogens is 1. The number of fused-ring (bicyclic) bond motifs is 4. The zero-order chi connectivity index (χ0) is 13.1. The number of H-pyrrole nitrogens is 1. The van der Waals surface area contributed by atoms with Gasteiger partial charge < -0.3 is 10.1 Å². The van der Waals surface area contributed by atoms with Crippen LogP contribution in [0.3, 0.4) is 0 Å². The molecule has 3 aromatic rings. The van der Waals surface area contributed by atoms with Crippen molar-refractivity contribution < 1.29 is 5.11 Å². The molecule has 1 aliphatic heterocycles. The van der Waals surface area contributed by atoms with Crippen LogP contribution in [0.1, 0.15) is 17.4 Å². The zero-order valence-electron chi connectivity index (χ0n) is 10.3. The minimum atomic E-state index is -0.514. The van der Waals surface area contributed by atoms with Crippen molar-refractivity contribution in [2.24, 2.45) is 0 Å². The standard InChI is InChI=1S/C14H12BrN3O/c1-18-6-7-2-11-10(4-9(7)14(18)19)13-12(17-11)3-8(15)5-16-13/h2-5,14,17,19H,6H2,1H3. The van der Waals surface area contributed by atoms with Gasteiger partial charge in [0.15, 0.2) is 0 Å². The molecule has 4 rings (SSSR count). The first-order chi connectivity index (χ1) is 9.13. The molecule has 0 amide bonds. The Hall–Kier alpha value is -1.43. The minimum absolute atomic E-state index is 0.514. The predicted octanol–water partition coefficient (Wildman–Crippen LogP) is 2.91. The number of hydrogen-bond donors (Lipinski definition) is 2. The third-order valence-corrected chi connectivity index (χ3v) is 4.21. The molecule has 1 aliphatic rings. The Morgan fingerprint density at radius 3 is 3.05 bits per heavy atom. The topological polar surface area (TPSA) is 52.2 Å². The van der Waals surface area contributed by atoms with Crippen LogP contribution >= 0.6 is 15.9 Å². The monoisotopic (exact) mass is 317 g/mol. The first kappa shape index (κ1) is 11.4. The summed E-state index contributed by atoms with van der Waals surface area (Å²) >= 11 is 3.43. The summed E-state index contributed by atoms with van der Waals surface area (Å²) in [6.07, 6.45) is 1.28. The van der Waals surface area contributed by atoms with Crippen molar-refractivity contribution in [3.05, 3.63) is 40.0 Å². The van der Waals surface area contributed by atoms with Crippen LogP contribution in [-0.4, -0.2) is 27.0 Å². The number of nitrogens with zero attached hydrogens (tertiary/aromatic N) is 2. The maximum absolute atomic E-state index is 10.2. The van der Waals surface area contributed by atoms with Crippen LogP contribution in [0.5, 0.6) is 0 Å². The summed E-state index contributed by atoms with van der Waals surface area (Å²) in [4.78, 5) is 9.78. The second-order valence-corrected chi connectivity index (χ2v) is 5.98.